The molecule has 1 aliphatic carbocycles. The fraction of sp³-hybridized carbons (Fsp3) is 0.375. The van der Waals surface area contributed by atoms with E-state index in [2.05, 4.69) is 22.9 Å². The summed E-state index contributed by atoms with van der Waals surface area (Å²) in [5.74, 6) is 0. The lowest BCUT2D eigenvalue weighted by atomic mass is 9.95. The first-order valence-corrected chi connectivity index (χ1v) is 8.90. The van der Waals surface area contributed by atoms with E-state index in [1.54, 1.807) is 12.1 Å². The van der Waals surface area contributed by atoms with Crippen LogP contribution in [0.25, 0.3) is 11.3 Å². The molecule has 1 aromatic heterocycles. The molecule has 2 N–H and O–H groups in total. The molecule has 1 aromatic carbocycles. The van der Waals surface area contributed by atoms with Gasteiger partial charge in [-0.25, -0.2) is 13.6 Å². The van der Waals surface area contributed by atoms with Crippen LogP contribution in [0.4, 0.5) is 0 Å². The highest BCUT2D eigenvalue weighted by atomic mass is 32.2. The summed E-state index contributed by atoms with van der Waals surface area (Å²) in [6, 6.07) is 11.5. The number of sulfonamides is 1. The average Bonchev–Trinajstić information content (AvgIpc) is 2.97. The predicted octanol–water partition coefficient (Wildman–Crippen LogP) is 3.31. The summed E-state index contributed by atoms with van der Waals surface area (Å²) in [6.07, 6.45) is 8.46. The Kier molecular flexibility index (Phi) is 3.87. The third-order valence-electron chi connectivity index (χ3n) is 4.23. The number of rotatable bonds is 3. The molecule has 21 heavy (non-hydrogen) atoms. The van der Waals surface area contributed by atoms with Crippen LogP contribution in [-0.2, 0) is 10.0 Å². The van der Waals surface area contributed by atoms with Gasteiger partial charge in [0.2, 0.25) is 10.0 Å². The Morgan fingerprint density at radius 2 is 1.67 bits per heavy atom. The lowest BCUT2D eigenvalue weighted by Crippen LogP contribution is -2.13. The first kappa shape index (κ1) is 14.4. The lowest BCUT2D eigenvalue weighted by Gasteiger charge is -2.25. The fourth-order valence-electron chi connectivity index (χ4n) is 3.13. The van der Waals surface area contributed by atoms with Gasteiger partial charge in [-0.15, -0.1) is 0 Å². The van der Waals surface area contributed by atoms with E-state index in [9.17, 15) is 8.42 Å². The molecule has 1 saturated carbocycles. The molecular weight excluding hydrogens is 284 g/mol. The van der Waals surface area contributed by atoms with Gasteiger partial charge in [-0.2, -0.15) is 0 Å². The maximum absolute atomic E-state index is 11.3. The van der Waals surface area contributed by atoms with Crippen molar-refractivity contribution in [3.8, 4) is 11.3 Å². The molecule has 0 radical (unpaired) electrons. The van der Waals surface area contributed by atoms with Gasteiger partial charge in [0, 0.05) is 17.9 Å². The molecule has 0 spiro atoms. The Bertz CT molecular complexity index is 711. The molecule has 0 saturated heterocycles. The van der Waals surface area contributed by atoms with Gasteiger partial charge in [-0.3, -0.25) is 0 Å². The fourth-order valence-corrected chi connectivity index (χ4v) is 3.65. The van der Waals surface area contributed by atoms with Gasteiger partial charge in [0.05, 0.1) is 4.90 Å². The predicted molar refractivity (Wildman–Crippen MR) is 83.4 cm³/mol. The van der Waals surface area contributed by atoms with E-state index in [-0.39, 0.29) is 4.90 Å². The van der Waals surface area contributed by atoms with E-state index in [0.29, 0.717) is 6.04 Å². The van der Waals surface area contributed by atoms with Gasteiger partial charge in [-0.1, -0.05) is 31.4 Å². The van der Waals surface area contributed by atoms with Crippen molar-refractivity contribution in [2.45, 2.75) is 43.0 Å². The standard InChI is InChI=1S/C16H20N2O2S/c17-21(19,20)15-10-8-13(9-11-15)16-7-4-12-18(16)14-5-2-1-3-6-14/h4,7-12,14H,1-3,5-6H2,(H2,17,19,20). The van der Waals surface area contributed by atoms with Crippen molar-refractivity contribution in [3.63, 3.8) is 0 Å². The number of nitrogens with zero attached hydrogens (tertiary/aromatic N) is 1. The third-order valence-corrected chi connectivity index (χ3v) is 5.15. The molecule has 0 aliphatic heterocycles. The molecular formula is C16H20N2O2S. The SMILES string of the molecule is NS(=O)(=O)c1ccc(-c2cccn2C2CCCCC2)cc1. The minimum absolute atomic E-state index is 0.155. The van der Waals surface area contributed by atoms with E-state index < -0.39 is 10.0 Å². The summed E-state index contributed by atoms with van der Waals surface area (Å²) in [6.45, 7) is 0. The maximum Gasteiger partial charge on any atom is 0.238 e. The van der Waals surface area contributed by atoms with Gasteiger partial charge in [0.1, 0.15) is 0 Å². The quantitative estimate of drug-likeness (QED) is 0.945. The van der Waals surface area contributed by atoms with Crippen LogP contribution in [0.15, 0.2) is 47.5 Å². The summed E-state index contributed by atoms with van der Waals surface area (Å²) >= 11 is 0. The summed E-state index contributed by atoms with van der Waals surface area (Å²) in [5, 5.41) is 5.14. The molecule has 0 amide bonds. The summed E-state index contributed by atoms with van der Waals surface area (Å²) in [4.78, 5) is 0.155. The molecule has 4 nitrogen and oxygen atoms in total. The molecule has 3 rings (SSSR count). The zero-order chi connectivity index (χ0) is 14.9. The van der Waals surface area contributed by atoms with Crippen molar-refractivity contribution in [1.82, 2.24) is 4.57 Å². The van der Waals surface area contributed by atoms with Crippen LogP contribution in [0.2, 0.25) is 0 Å². The van der Waals surface area contributed by atoms with Crippen LogP contribution >= 0.6 is 0 Å². The zero-order valence-electron chi connectivity index (χ0n) is 11.9. The second kappa shape index (κ2) is 5.66. The van der Waals surface area contributed by atoms with Crippen LogP contribution in [0.1, 0.15) is 38.1 Å². The van der Waals surface area contributed by atoms with Crippen LogP contribution in [0.3, 0.4) is 0 Å². The smallest absolute Gasteiger partial charge is 0.238 e. The molecule has 5 heteroatoms. The molecule has 1 fully saturated rings. The Morgan fingerprint density at radius 1 is 1.00 bits per heavy atom. The molecule has 0 bridgehead atoms. The highest BCUT2D eigenvalue weighted by Gasteiger charge is 2.17. The first-order valence-electron chi connectivity index (χ1n) is 7.36. The van der Waals surface area contributed by atoms with Crippen molar-refractivity contribution < 1.29 is 8.42 Å². The van der Waals surface area contributed by atoms with Crippen molar-refractivity contribution in [1.29, 1.82) is 0 Å². The molecule has 1 aliphatic rings. The first-order chi connectivity index (χ1) is 10.1. The lowest BCUT2D eigenvalue weighted by molar-refractivity contribution is 0.356. The molecule has 2 aromatic rings. The van der Waals surface area contributed by atoms with E-state index in [1.165, 1.54) is 32.1 Å². The number of nitrogens with two attached hydrogens (primary N) is 1. The highest BCUT2D eigenvalue weighted by molar-refractivity contribution is 7.89. The number of hydrogen-bond donors (Lipinski definition) is 1. The Morgan fingerprint density at radius 3 is 2.29 bits per heavy atom. The minimum atomic E-state index is -3.63. The molecule has 0 unspecified atom stereocenters. The third kappa shape index (κ3) is 3.04. The molecule has 0 atom stereocenters. The number of hydrogen-bond acceptors (Lipinski definition) is 2. The van der Waals surface area contributed by atoms with E-state index in [0.717, 1.165) is 11.3 Å². The van der Waals surface area contributed by atoms with Gasteiger partial charge >= 0.3 is 0 Å². The van der Waals surface area contributed by atoms with Gasteiger partial charge in [-0.05, 0) is 42.7 Å². The summed E-state index contributed by atoms with van der Waals surface area (Å²) in [5.41, 5.74) is 2.17. The number of benzene rings is 1. The second-order valence-electron chi connectivity index (χ2n) is 5.66. The normalized spacial score (nSPS) is 17.0. The van der Waals surface area contributed by atoms with Crippen molar-refractivity contribution in [3.05, 3.63) is 42.6 Å². The van der Waals surface area contributed by atoms with Crippen LogP contribution in [0.5, 0.6) is 0 Å². The van der Waals surface area contributed by atoms with Crippen molar-refractivity contribution in [2.75, 3.05) is 0 Å². The monoisotopic (exact) mass is 304 g/mol. The van der Waals surface area contributed by atoms with Crippen LogP contribution in [-0.4, -0.2) is 13.0 Å². The van der Waals surface area contributed by atoms with Gasteiger partial charge < -0.3 is 4.57 Å². The summed E-state index contributed by atoms with van der Waals surface area (Å²) in [7, 11) is -3.63. The molecule has 112 valence electrons. The van der Waals surface area contributed by atoms with E-state index >= 15 is 0 Å². The molecule has 1 heterocycles. The Balaban J connectivity index is 1.92. The van der Waals surface area contributed by atoms with Crippen molar-refractivity contribution >= 4 is 10.0 Å². The zero-order valence-corrected chi connectivity index (χ0v) is 12.7. The highest BCUT2D eigenvalue weighted by Crippen LogP contribution is 2.33. The maximum atomic E-state index is 11.3. The second-order valence-corrected chi connectivity index (χ2v) is 7.22. The van der Waals surface area contributed by atoms with Gasteiger partial charge in [0.15, 0.2) is 0 Å². The Hall–Kier alpha value is -1.59. The van der Waals surface area contributed by atoms with Gasteiger partial charge in [0.25, 0.3) is 0 Å². The Labute approximate surface area is 125 Å². The van der Waals surface area contributed by atoms with E-state index in [4.69, 9.17) is 5.14 Å². The van der Waals surface area contributed by atoms with Crippen LogP contribution < -0.4 is 5.14 Å². The minimum Gasteiger partial charge on any atom is -0.344 e. The van der Waals surface area contributed by atoms with Crippen molar-refractivity contribution in [2.24, 2.45) is 5.14 Å². The van der Waals surface area contributed by atoms with Crippen LogP contribution in [0, 0.1) is 0 Å². The number of primary sulfonamides is 1. The number of aromatic nitrogens is 1. The topological polar surface area (TPSA) is 65.1 Å². The average molecular weight is 304 g/mol. The largest absolute Gasteiger partial charge is 0.344 e. The van der Waals surface area contributed by atoms with E-state index in [1.807, 2.05) is 12.1 Å². The summed E-state index contributed by atoms with van der Waals surface area (Å²) < 4.78 is 25.0.